The monoisotopic (exact) mass is 480 g/mol. The Morgan fingerprint density at radius 2 is 0.967 bits per heavy atom. The SMILES string of the molecule is CCC[Si](CCC)(CCC)C(C)(C(C(=O)O)S(=O)(=O)O)[Si](CCC)(CCC)CCC. The number of rotatable bonds is 17. The molecule has 0 aromatic heterocycles. The minimum atomic E-state index is -4.73. The van der Waals surface area contributed by atoms with Gasteiger partial charge < -0.3 is 5.11 Å². The van der Waals surface area contributed by atoms with Gasteiger partial charge in [0.15, 0.2) is 5.25 Å². The highest BCUT2D eigenvalue weighted by Gasteiger charge is 2.67. The Kier molecular flexibility index (Phi) is 12.7. The van der Waals surface area contributed by atoms with Gasteiger partial charge in [-0.05, 0) is 4.66 Å². The van der Waals surface area contributed by atoms with E-state index in [1.165, 1.54) is 0 Å². The van der Waals surface area contributed by atoms with E-state index in [0.29, 0.717) is 0 Å². The summed E-state index contributed by atoms with van der Waals surface area (Å²) in [5, 5.41) is 8.59. The average molecular weight is 481 g/mol. The smallest absolute Gasteiger partial charge is 0.324 e. The molecule has 30 heavy (non-hydrogen) atoms. The van der Waals surface area contributed by atoms with E-state index in [2.05, 4.69) is 41.5 Å². The molecule has 0 saturated carbocycles. The van der Waals surface area contributed by atoms with Gasteiger partial charge in [-0.1, -0.05) is 123 Å². The van der Waals surface area contributed by atoms with E-state index in [9.17, 15) is 22.9 Å². The van der Waals surface area contributed by atoms with Crippen LogP contribution in [0.15, 0.2) is 0 Å². The third kappa shape index (κ3) is 5.98. The summed E-state index contributed by atoms with van der Waals surface area (Å²) in [5.41, 5.74) is 0. The van der Waals surface area contributed by atoms with Gasteiger partial charge in [-0.25, -0.2) is 0 Å². The molecule has 0 radical (unpaired) electrons. The van der Waals surface area contributed by atoms with Crippen LogP contribution in [0.5, 0.6) is 0 Å². The third-order valence-electron chi connectivity index (χ3n) is 7.62. The summed E-state index contributed by atoms with van der Waals surface area (Å²) in [6.45, 7) is 14.9. The highest BCUT2D eigenvalue weighted by atomic mass is 32.2. The fraction of sp³-hybridized carbons (Fsp3) is 0.955. The summed E-state index contributed by atoms with van der Waals surface area (Å²) in [6.07, 6.45) is 5.63. The Labute approximate surface area is 188 Å². The summed E-state index contributed by atoms with van der Waals surface area (Å²) in [6, 6.07) is 5.65. The van der Waals surface area contributed by atoms with Crippen LogP contribution < -0.4 is 0 Å². The Morgan fingerprint density at radius 3 is 1.10 bits per heavy atom. The summed E-state index contributed by atoms with van der Waals surface area (Å²) < 4.78 is 35.1. The molecule has 0 heterocycles. The van der Waals surface area contributed by atoms with Crippen molar-refractivity contribution in [3.63, 3.8) is 0 Å². The molecule has 5 nitrogen and oxygen atoms in total. The van der Waals surface area contributed by atoms with E-state index in [4.69, 9.17) is 0 Å². The van der Waals surface area contributed by atoms with Gasteiger partial charge in [0.05, 0.1) is 16.1 Å². The van der Waals surface area contributed by atoms with Crippen LogP contribution in [-0.4, -0.2) is 45.4 Å². The Bertz CT molecular complexity index is 561. The van der Waals surface area contributed by atoms with Crippen molar-refractivity contribution in [3.05, 3.63) is 0 Å². The zero-order valence-corrected chi connectivity index (χ0v) is 23.4. The molecule has 1 atom stereocenters. The molecule has 0 aliphatic heterocycles. The normalized spacial score (nSPS) is 14.7. The third-order valence-corrected chi connectivity index (χ3v) is 26.2. The van der Waals surface area contributed by atoms with Crippen molar-refractivity contribution in [2.45, 2.75) is 133 Å². The molecule has 0 aromatic carbocycles. The maximum absolute atomic E-state index is 12.8. The van der Waals surface area contributed by atoms with Crippen molar-refractivity contribution >= 4 is 32.2 Å². The van der Waals surface area contributed by atoms with Crippen molar-refractivity contribution in [2.75, 3.05) is 0 Å². The summed E-state index contributed by atoms with van der Waals surface area (Å²) >= 11 is 0. The number of hydrogen-bond acceptors (Lipinski definition) is 3. The van der Waals surface area contributed by atoms with Crippen molar-refractivity contribution in [2.24, 2.45) is 0 Å². The quantitative estimate of drug-likeness (QED) is 0.173. The van der Waals surface area contributed by atoms with Gasteiger partial charge >= 0.3 is 5.97 Å². The molecule has 0 aliphatic carbocycles. The largest absolute Gasteiger partial charge is 0.480 e. The van der Waals surface area contributed by atoms with Gasteiger partial charge in [0.2, 0.25) is 0 Å². The molecule has 0 rings (SSSR count). The first-order chi connectivity index (χ1) is 13.9. The molecular formula is C22H48O5SSi2. The van der Waals surface area contributed by atoms with Gasteiger partial charge in [0.1, 0.15) is 0 Å². The molecule has 0 fully saturated rings. The molecule has 8 heteroatoms. The van der Waals surface area contributed by atoms with Crippen molar-refractivity contribution < 1.29 is 22.9 Å². The molecule has 0 aliphatic rings. The first-order valence-electron chi connectivity index (χ1n) is 12.1. The Hall–Kier alpha value is -0.186. The lowest BCUT2D eigenvalue weighted by Gasteiger charge is -2.60. The van der Waals surface area contributed by atoms with Crippen LogP contribution in [-0.2, 0) is 14.9 Å². The van der Waals surface area contributed by atoms with Gasteiger partial charge in [-0.2, -0.15) is 8.42 Å². The second-order valence-corrected chi connectivity index (χ2v) is 21.7. The average Bonchev–Trinajstić information content (AvgIpc) is 2.61. The van der Waals surface area contributed by atoms with Crippen LogP contribution in [0.4, 0.5) is 0 Å². The van der Waals surface area contributed by atoms with Crippen LogP contribution in [0.3, 0.4) is 0 Å². The van der Waals surface area contributed by atoms with Crippen molar-refractivity contribution in [3.8, 4) is 0 Å². The lowest BCUT2D eigenvalue weighted by molar-refractivity contribution is -0.137. The number of aliphatic carboxylic acids is 1. The molecule has 0 bridgehead atoms. The van der Waals surface area contributed by atoms with E-state index >= 15 is 0 Å². The van der Waals surface area contributed by atoms with Crippen LogP contribution >= 0.6 is 0 Å². The van der Waals surface area contributed by atoms with Gasteiger partial charge in [-0.15, -0.1) is 0 Å². The standard InChI is InChI=1S/C22H48O5SSi2/c1-8-14-29(15-9-2,16-10-3)22(7,20(21(23)24)28(25,26)27)30(17-11-4,18-12-5)19-13-6/h20H,8-19H2,1-7H3,(H,23,24)(H,25,26,27). The number of carbonyl (C=O) groups is 1. The number of hydrogen-bond donors (Lipinski definition) is 2. The fourth-order valence-electron chi connectivity index (χ4n) is 6.97. The zero-order valence-electron chi connectivity index (χ0n) is 20.6. The predicted molar refractivity (Wildman–Crippen MR) is 133 cm³/mol. The molecule has 0 saturated heterocycles. The molecule has 1 unspecified atom stereocenters. The number of carboxylic acid groups (broad SMARTS) is 1. The predicted octanol–water partition coefficient (Wildman–Crippen LogP) is 6.98. The van der Waals surface area contributed by atoms with E-state index in [1.807, 2.05) is 6.92 Å². The van der Waals surface area contributed by atoms with Crippen LogP contribution in [0.2, 0.25) is 40.9 Å². The van der Waals surface area contributed by atoms with Crippen LogP contribution in [0.1, 0.15) is 87.0 Å². The summed E-state index contributed by atoms with van der Waals surface area (Å²) in [7, 11) is -9.51. The highest BCUT2D eigenvalue weighted by Crippen LogP contribution is 2.61. The second kappa shape index (κ2) is 12.7. The van der Waals surface area contributed by atoms with Crippen LogP contribution in [0.25, 0.3) is 0 Å². The molecule has 180 valence electrons. The van der Waals surface area contributed by atoms with E-state index in [0.717, 1.165) is 74.8 Å². The second-order valence-electron chi connectivity index (χ2n) is 9.50. The van der Waals surface area contributed by atoms with E-state index in [-0.39, 0.29) is 0 Å². The Balaban J connectivity index is 7.57. The first-order valence-corrected chi connectivity index (χ1v) is 18.9. The molecule has 0 aromatic rings. The van der Waals surface area contributed by atoms with Crippen molar-refractivity contribution in [1.29, 1.82) is 0 Å². The molecule has 2 N–H and O–H groups in total. The van der Waals surface area contributed by atoms with E-state index in [1.54, 1.807) is 0 Å². The molecule has 0 amide bonds. The summed E-state index contributed by atoms with van der Waals surface area (Å²) in [5.74, 6) is -1.35. The van der Waals surface area contributed by atoms with Crippen molar-refractivity contribution in [1.82, 2.24) is 0 Å². The first kappa shape index (κ1) is 29.8. The fourth-order valence-corrected chi connectivity index (χ4v) is 28.7. The maximum atomic E-state index is 12.8. The van der Waals surface area contributed by atoms with Gasteiger partial charge in [-0.3, -0.25) is 9.35 Å². The lowest BCUT2D eigenvalue weighted by Crippen LogP contribution is -2.68. The topological polar surface area (TPSA) is 91.7 Å². The van der Waals surface area contributed by atoms with Crippen LogP contribution in [0, 0.1) is 0 Å². The van der Waals surface area contributed by atoms with E-state index < -0.39 is 42.1 Å². The zero-order chi connectivity index (χ0) is 23.6. The minimum Gasteiger partial charge on any atom is -0.480 e. The minimum absolute atomic E-state index is 0.802. The maximum Gasteiger partial charge on any atom is 0.324 e. The molecular weight excluding hydrogens is 432 g/mol. The van der Waals surface area contributed by atoms with Gasteiger partial charge in [0.25, 0.3) is 10.1 Å². The Morgan fingerprint density at radius 1 is 0.733 bits per heavy atom. The number of carboxylic acids is 1. The lowest BCUT2D eigenvalue weighted by atomic mass is 10.3. The van der Waals surface area contributed by atoms with Gasteiger partial charge in [0, 0.05) is 0 Å². The summed E-state index contributed by atoms with van der Waals surface area (Å²) in [4.78, 5) is 12.6. The highest BCUT2D eigenvalue weighted by molar-refractivity contribution is 7.87. The molecule has 0 spiro atoms.